The van der Waals surface area contributed by atoms with Gasteiger partial charge in [0, 0.05) is 40.2 Å². The molecule has 0 aliphatic rings. The highest BCUT2D eigenvalue weighted by atomic mass is 32.1. The summed E-state index contributed by atoms with van der Waals surface area (Å²) in [7, 11) is 3.59. The van der Waals surface area contributed by atoms with Crippen molar-refractivity contribution in [1.29, 1.82) is 0 Å². The Labute approximate surface area is 187 Å². The molecule has 4 aromatic rings. The van der Waals surface area contributed by atoms with Crippen LogP contribution in [0.1, 0.15) is 64.8 Å². The zero-order valence-corrected chi connectivity index (χ0v) is 20.2. The second kappa shape index (κ2) is 8.08. The first-order valence-corrected chi connectivity index (χ1v) is 11.7. The highest BCUT2D eigenvalue weighted by Crippen LogP contribution is 2.42. The van der Waals surface area contributed by atoms with Crippen LogP contribution < -0.4 is 0 Å². The monoisotopic (exact) mass is 434 g/mol. The molecule has 4 rings (SSSR count). The third kappa shape index (κ3) is 3.43. The number of carbonyl (C=O) groups is 1. The maximum absolute atomic E-state index is 12.8. The molecule has 0 spiro atoms. The number of thiophene rings is 1. The normalized spacial score (nSPS) is 11.7. The Morgan fingerprint density at radius 3 is 2.52 bits per heavy atom. The summed E-state index contributed by atoms with van der Waals surface area (Å²) in [5.41, 5.74) is 7.09. The van der Waals surface area contributed by atoms with Crippen molar-refractivity contribution in [1.82, 2.24) is 19.5 Å². The topological polar surface area (TPSA) is 50.5 Å². The van der Waals surface area contributed by atoms with Crippen LogP contribution in [0.25, 0.3) is 27.0 Å². The van der Waals surface area contributed by atoms with Gasteiger partial charge in [-0.3, -0.25) is 4.79 Å². The highest BCUT2D eigenvalue weighted by molar-refractivity contribution is 7.20. The summed E-state index contributed by atoms with van der Waals surface area (Å²) in [4.78, 5) is 20.6. The zero-order chi connectivity index (χ0) is 22.4. The van der Waals surface area contributed by atoms with E-state index in [1.807, 2.05) is 16.6 Å². The van der Waals surface area contributed by atoms with Crippen LogP contribution in [0.5, 0.6) is 0 Å². The van der Waals surface area contributed by atoms with Crippen LogP contribution >= 0.6 is 11.3 Å². The zero-order valence-electron chi connectivity index (χ0n) is 19.4. The second-order valence-electron chi connectivity index (χ2n) is 8.45. The van der Waals surface area contributed by atoms with Crippen molar-refractivity contribution in [2.75, 3.05) is 14.1 Å². The maximum Gasteiger partial charge on any atom is 0.254 e. The van der Waals surface area contributed by atoms with Gasteiger partial charge in [-0.15, -0.1) is 11.3 Å². The minimum atomic E-state index is 0.0262. The van der Waals surface area contributed by atoms with Gasteiger partial charge in [0.05, 0.1) is 22.6 Å². The average molecular weight is 435 g/mol. The molecule has 0 saturated carbocycles. The molecular weight excluding hydrogens is 404 g/mol. The number of aryl methyl sites for hydroxylation is 3. The number of hydrogen-bond acceptors (Lipinski definition) is 4. The summed E-state index contributed by atoms with van der Waals surface area (Å²) in [5, 5.41) is 5.97. The second-order valence-corrected chi connectivity index (χ2v) is 9.68. The Bertz CT molecular complexity index is 1290. The third-order valence-electron chi connectivity index (χ3n) is 6.10. The van der Waals surface area contributed by atoms with E-state index in [4.69, 9.17) is 10.1 Å². The summed E-state index contributed by atoms with van der Waals surface area (Å²) in [5.74, 6) is 0.488. The summed E-state index contributed by atoms with van der Waals surface area (Å²) in [6, 6.07) is 8.19. The number of rotatable bonds is 5. The molecule has 3 aromatic heterocycles. The van der Waals surface area contributed by atoms with E-state index in [0.29, 0.717) is 5.92 Å². The quantitative estimate of drug-likeness (QED) is 0.379. The summed E-state index contributed by atoms with van der Waals surface area (Å²) in [6.45, 7) is 10.7. The molecule has 162 valence electrons. The van der Waals surface area contributed by atoms with Crippen LogP contribution in [-0.4, -0.2) is 39.5 Å². The van der Waals surface area contributed by atoms with Crippen molar-refractivity contribution in [2.24, 2.45) is 0 Å². The Balaban J connectivity index is 2.05. The van der Waals surface area contributed by atoms with Crippen molar-refractivity contribution < 1.29 is 4.79 Å². The minimum Gasteiger partial charge on any atom is -0.345 e. The van der Waals surface area contributed by atoms with E-state index in [2.05, 4.69) is 46.8 Å². The van der Waals surface area contributed by atoms with Gasteiger partial charge in [0.25, 0.3) is 5.91 Å². The van der Waals surface area contributed by atoms with Gasteiger partial charge in [-0.2, -0.15) is 5.10 Å². The molecule has 0 N–H and O–H groups in total. The van der Waals surface area contributed by atoms with E-state index in [0.717, 1.165) is 56.8 Å². The first-order valence-electron chi connectivity index (χ1n) is 10.9. The number of nitrogens with zero attached hydrogens (tertiary/aromatic N) is 4. The standard InChI is InChI=1S/C25H30N4OS/c1-8-17(9-2)20-13-14(3)27-29-22(15(4)26-24(20)29)21-16(5)31-23-18(21)11-10-12-19(23)25(30)28(6)7/h10-13,17H,8-9H2,1-7H3. The van der Waals surface area contributed by atoms with Gasteiger partial charge >= 0.3 is 0 Å². The molecule has 0 aliphatic carbocycles. The van der Waals surface area contributed by atoms with E-state index >= 15 is 0 Å². The number of fused-ring (bicyclic) bond motifs is 2. The fraction of sp³-hybridized carbons (Fsp3) is 0.400. The van der Waals surface area contributed by atoms with E-state index in [1.165, 1.54) is 10.4 Å². The Hall–Kier alpha value is -2.73. The Morgan fingerprint density at radius 2 is 1.87 bits per heavy atom. The number of carbonyl (C=O) groups excluding carboxylic acids is 1. The molecule has 31 heavy (non-hydrogen) atoms. The predicted octanol–water partition coefficient (Wildman–Crippen LogP) is 6.14. The van der Waals surface area contributed by atoms with Crippen molar-refractivity contribution in [3.63, 3.8) is 0 Å². The van der Waals surface area contributed by atoms with Crippen LogP contribution in [0.4, 0.5) is 0 Å². The summed E-state index contributed by atoms with van der Waals surface area (Å²) in [6.07, 6.45) is 2.15. The lowest BCUT2D eigenvalue weighted by molar-refractivity contribution is 0.0829. The third-order valence-corrected chi connectivity index (χ3v) is 7.25. The van der Waals surface area contributed by atoms with Gasteiger partial charge in [-0.1, -0.05) is 26.0 Å². The lowest BCUT2D eigenvalue weighted by atomic mass is 9.95. The predicted molar refractivity (Wildman–Crippen MR) is 129 cm³/mol. The smallest absolute Gasteiger partial charge is 0.254 e. The maximum atomic E-state index is 12.8. The van der Waals surface area contributed by atoms with Gasteiger partial charge < -0.3 is 4.90 Å². The fourth-order valence-corrected chi connectivity index (χ4v) is 5.70. The highest BCUT2D eigenvalue weighted by Gasteiger charge is 2.24. The van der Waals surface area contributed by atoms with Crippen molar-refractivity contribution >= 4 is 33.0 Å². The van der Waals surface area contributed by atoms with Crippen molar-refractivity contribution in [3.05, 3.63) is 51.7 Å². The fourth-order valence-electron chi connectivity index (χ4n) is 4.54. The molecule has 0 radical (unpaired) electrons. The lowest BCUT2D eigenvalue weighted by Crippen LogP contribution is -2.21. The van der Waals surface area contributed by atoms with Crippen LogP contribution in [-0.2, 0) is 0 Å². The van der Waals surface area contributed by atoms with Gasteiger partial charge in [0.2, 0.25) is 0 Å². The first-order chi connectivity index (χ1) is 14.8. The van der Waals surface area contributed by atoms with Crippen LogP contribution in [0.15, 0.2) is 24.3 Å². The molecule has 0 bridgehead atoms. The van der Waals surface area contributed by atoms with Crippen LogP contribution in [0, 0.1) is 20.8 Å². The molecule has 0 atom stereocenters. The lowest BCUT2D eigenvalue weighted by Gasteiger charge is -2.15. The molecule has 5 nitrogen and oxygen atoms in total. The van der Waals surface area contributed by atoms with Crippen LogP contribution in [0.2, 0.25) is 0 Å². The van der Waals surface area contributed by atoms with Gasteiger partial charge in [0.1, 0.15) is 0 Å². The first kappa shape index (κ1) is 21.5. The SMILES string of the molecule is CCC(CC)c1cc(C)nn2c(-c3c(C)sc4c(C(=O)N(C)C)cccc34)c(C)nc12. The van der Waals surface area contributed by atoms with E-state index < -0.39 is 0 Å². The molecule has 1 aromatic carbocycles. The molecule has 0 unspecified atom stereocenters. The largest absolute Gasteiger partial charge is 0.345 e. The van der Waals surface area contributed by atoms with Crippen molar-refractivity contribution in [2.45, 2.75) is 53.4 Å². The molecule has 6 heteroatoms. The van der Waals surface area contributed by atoms with Gasteiger partial charge in [-0.25, -0.2) is 9.50 Å². The summed E-state index contributed by atoms with van der Waals surface area (Å²) < 4.78 is 3.06. The van der Waals surface area contributed by atoms with Crippen molar-refractivity contribution in [3.8, 4) is 11.3 Å². The van der Waals surface area contributed by atoms with Gasteiger partial charge in [0.15, 0.2) is 5.65 Å². The number of hydrogen-bond donors (Lipinski definition) is 0. The minimum absolute atomic E-state index is 0.0262. The molecule has 0 aliphatic heterocycles. The molecule has 0 fully saturated rings. The molecule has 1 amide bonds. The number of benzene rings is 1. The number of amides is 1. The van der Waals surface area contributed by atoms with E-state index in [-0.39, 0.29) is 5.91 Å². The number of aromatic nitrogens is 3. The average Bonchev–Trinajstić information content (AvgIpc) is 3.23. The van der Waals surface area contributed by atoms with Gasteiger partial charge in [-0.05, 0) is 51.7 Å². The van der Waals surface area contributed by atoms with E-state index in [1.54, 1.807) is 30.3 Å². The molecule has 0 saturated heterocycles. The molecular formula is C25H30N4OS. The van der Waals surface area contributed by atoms with Crippen LogP contribution in [0.3, 0.4) is 0 Å². The van der Waals surface area contributed by atoms with E-state index in [9.17, 15) is 4.79 Å². The molecule has 3 heterocycles. The Morgan fingerprint density at radius 1 is 1.16 bits per heavy atom. The Kier molecular flexibility index (Phi) is 5.60. The summed E-state index contributed by atoms with van der Waals surface area (Å²) >= 11 is 1.67. The number of imidazole rings is 1.